The molecule has 0 aliphatic carbocycles. The van der Waals surface area contributed by atoms with Gasteiger partial charge in [-0.25, -0.2) is 9.18 Å². The molecule has 2 atom stereocenters. The van der Waals surface area contributed by atoms with Gasteiger partial charge in [0, 0.05) is 18.3 Å². The van der Waals surface area contributed by atoms with Crippen molar-refractivity contribution >= 4 is 17.6 Å². The first-order chi connectivity index (χ1) is 10.4. The van der Waals surface area contributed by atoms with E-state index < -0.39 is 6.04 Å². The number of amides is 3. The van der Waals surface area contributed by atoms with E-state index in [9.17, 15) is 14.0 Å². The summed E-state index contributed by atoms with van der Waals surface area (Å²) in [4.78, 5) is 25.8. The molecule has 1 aromatic rings. The van der Waals surface area contributed by atoms with Crippen LogP contribution in [-0.2, 0) is 4.79 Å². The summed E-state index contributed by atoms with van der Waals surface area (Å²) in [5.74, 6) is -0.455. The molecular formula is C16H22FN3O2. The van der Waals surface area contributed by atoms with Gasteiger partial charge in [0.2, 0.25) is 5.91 Å². The Bertz CT molecular complexity index is 577. The maximum Gasteiger partial charge on any atom is 0.315 e. The van der Waals surface area contributed by atoms with Gasteiger partial charge in [0.05, 0.1) is 0 Å². The molecule has 22 heavy (non-hydrogen) atoms. The molecule has 1 aromatic carbocycles. The van der Waals surface area contributed by atoms with E-state index in [4.69, 9.17) is 0 Å². The van der Waals surface area contributed by atoms with Crippen LogP contribution in [0.5, 0.6) is 0 Å². The van der Waals surface area contributed by atoms with E-state index in [1.54, 1.807) is 24.0 Å². The normalized spacial score (nSPS) is 19.2. The van der Waals surface area contributed by atoms with Crippen molar-refractivity contribution in [3.63, 3.8) is 0 Å². The van der Waals surface area contributed by atoms with Crippen LogP contribution in [0.25, 0.3) is 0 Å². The molecule has 120 valence electrons. The highest BCUT2D eigenvalue weighted by Gasteiger charge is 2.33. The lowest BCUT2D eigenvalue weighted by Gasteiger charge is -2.19. The van der Waals surface area contributed by atoms with Crippen LogP contribution >= 0.6 is 0 Å². The number of hydrogen-bond donors (Lipinski definition) is 2. The van der Waals surface area contributed by atoms with Crippen molar-refractivity contribution in [2.75, 3.05) is 11.4 Å². The Balaban J connectivity index is 2.00. The molecule has 0 spiro atoms. The summed E-state index contributed by atoms with van der Waals surface area (Å²) in [6, 6.07) is 3.79. The maximum atomic E-state index is 13.3. The molecule has 0 unspecified atom stereocenters. The molecule has 1 fully saturated rings. The van der Waals surface area contributed by atoms with Gasteiger partial charge in [-0.3, -0.25) is 4.79 Å². The number of halogens is 1. The lowest BCUT2D eigenvalue weighted by atomic mass is 10.2. The minimum Gasteiger partial charge on any atom is -0.336 e. The topological polar surface area (TPSA) is 61.4 Å². The van der Waals surface area contributed by atoms with Crippen molar-refractivity contribution in [1.29, 1.82) is 0 Å². The number of carbonyl (C=O) groups is 2. The third-order valence-corrected chi connectivity index (χ3v) is 3.95. The van der Waals surface area contributed by atoms with Crippen molar-refractivity contribution in [3.8, 4) is 0 Å². The van der Waals surface area contributed by atoms with Crippen LogP contribution in [-0.4, -0.2) is 30.6 Å². The molecule has 3 amide bonds. The summed E-state index contributed by atoms with van der Waals surface area (Å²) in [6.45, 7) is 6.06. The summed E-state index contributed by atoms with van der Waals surface area (Å²) in [7, 11) is 0. The fraction of sp³-hybridized carbons (Fsp3) is 0.500. The highest BCUT2D eigenvalue weighted by molar-refractivity contribution is 6.01. The average Bonchev–Trinajstić information content (AvgIpc) is 2.83. The predicted octanol–water partition coefficient (Wildman–Crippen LogP) is 2.34. The number of hydrogen-bond acceptors (Lipinski definition) is 2. The Labute approximate surface area is 129 Å². The highest BCUT2D eigenvalue weighted by atomic mass is 19.1. The summed E-state index contributed by atoms with van der Waals surface area (Å²) in [5, 5.41) is 5.48. The molecule has 0 bridgehead atoms. The summed E-state index contributed by atoms with van der Waals surface area (Å²) >= 11 is 0. The predicted molar refractivity (Wildman–Crippen MR) is 83.3 cm³/mol. The number of anilines is 1. The third kappa shape index (κ3) is 3.55. The van der Waals surface area contributed by atoms with Crippen molar-refractivity contribution in [2.24, 2.45) is 0 Å². The monoisotopic (exact) mass is 307 g/mol. The lowest BCUT2D eigenvalue weighted by Crippen LogP contribution is -2.48. The van der Waals surface area contributed by atoms with E-state index in [0.29, 0.717) is 24.2 Å². The number of urea groups is 1. The molecule has 1 saturated heterocycles. The number of rotatable bonds is 4. The van der Waals surface area contributed by atoms with Gasteiger partial charge in [0.1, 0.15) is 11.9 Å². The zero-order chi connectivity index (χ0) is 16.3. The van der Waals surface area contributed by atoms with Gasteiger partial charge in [-0.15, -0.1) is 0 Å². The molecule has 0 aromatic heterocycles. The molecule has 6 heteroatoms. The second-order valence-electron chi connectivity index (χ2n) is 5.69. The van der Waals surface area contributed by atoms with Crippen molar-refractivity contribution < 1.29 is 14.0 Å². The first-order valence-corrected chi connectivity index (χ1v) is 7.57. The summed E-state index contributed by atoms with van der Waals surface area (Å²) in [5.41, 5.74) is 1.16. The lowest BCUT2D eigenvalue weighted by molar-refractivity contribution is -0.118. The molecule has 2 N–H and O–H groups in total. The van der Waals surface area contributed by atoms with E-state index in [2.05, 4.69) is 10.6 Å². The zero-order valence-corrected chi connectivity index (χ0v) is 13.1. The maximum absolute atomic E-state index is 13.3. The molecule has 1 aliphatic rings. The van der Waals surface area contributed by atoms with Crippen LogP contribution in [0.2, 0.25) is 0 Å². The van der Waals surface area contributed by atoms with Crippen LogP contribution in [0.4, 0.5) is 14.9 Å². The smallest absolute Gasteiger partial charge is 0.315 e. The molecule has 5 nitrogen and oxygen atoms in total. The third-order valence-electron chi connectivity index (χ3n) is 3.95. The van der Waals surface area contributed by atoms with E-state index in [-0.39, 0.29) is 23.8 Å². The van der Waals surface area contributed by atoms with Gasteiger partial charge in [-0.2, -0.15) is 0 Å². The SMILES string of the molecule is CC[C@H](C)NC(=O)N[C@H]1CCN(c2ccc(F)c(C)c2)C1=O. The van der Waals surface area contributed by atoms with E-state index in [1.807, 2.05) is 13.8 Å². The Morgan fingerprint density at radius 1 is 1.50 bits per heavy atom. The van der Waals surface area contributed by atoms with Crippen LogP contribution < -0.4 is 15.5 Å². The van der Waals surface area contributed by atoms with Crippen LogP contribution in [0.3, 0.4) is 0 Å². The minimum absolute atomic E-state index is 0.0624. The van der Waals surface area contributed by atoms with Crippen molar-refractivity contribution in [3.05, 3.63) is 29.6 Å². The van der Waals surface area contributed by atoms with E-state index in [0.717, 1.165) is 6.42 Å². The average molecular weight is 307 g/mol. The molecule has 1 heterocycles. The number of nitrogens with zero attached hydrogens (tertiary/aromatic N) is 1. The van der Waals surface area contributed by atoms with E-state index in [1.165, 1.54) is 6.07 Å². The fourth-order valence-corrected chi connectivity index (χ4v) is 2.39. The Morgan fingerprint density at radius 3 is 2.86 bits per heavy atom. The second kappa shape index (κ2) is 6.77. The van der Waals surface area contributed by atoms with Crippen molar-refractivity contribution in [2.45, 2.75) is 45.7 Å². The van der Waals surface area contributed by atoms with Crippen LogP contribution in [0.1, 0.15) is 32.3 Å². The Kier molecular flexibility index (Phi) is 5.00. The standard InChI is InChI=1S/C16H22FN3O2/c1-4-11(3)18-16(22)19-14-7-8-20(15(14)21)12-5-6-13(17)10(2)9-12/h5-6,9,11,14H,4,7-8H2,1-3H3,(H2,18,19,22)/t11-,14-/m0/s1. The van der Waals surface area contributed by atoms with Gasteiger partial charge in [0.25, 0.3) is 0 Å². The van der Waals surface area contributed by atoms with Gasteiger partial charge in [-0.1, -0.05) is 6.92 Å². The second-order valence-corrected chi connectivity index (χ2v) is 5.69. The first kappa shape index (κ1) is 16.3. The van der Waals surface area contributed by atoms with Gasteiger partial charge >= 0.3 is 6.03 Å². The van der Waals surface area contributed by atoms with Crippen LogP contribution in [0.15, 0.2) is 18.2 Å². The number of aryl methyl sites for hydroxylation is 1. The molecule has 1 aliphatic heterocycles. The number of nitrogens with one attached hydrogen (secondary N) is 2. The molecule has 0 radical (unpaired) electrons. The number of benzene rings is 1. The summed E-state index contributed by atoms with van der Waals surface area (Å²) in [6.07, 6.45) is 1.37. The molecule has 0 saturated carbocycles. The highest BCUT2D eigenvalue weighted by Crippen LogP contribution is 2.23. The van der Waals surface area contributed by atoms with E-state index >= 15 is 0 Å². The Hall–Kier alpha value is -2.11. The summed E-state index contributed by atoms with van der Waals surface area (Å²) < 4.78 is 13.3. The van der Waals surface area contributed by atoms with Gasteiger partial charge in [0.15, 0.2) is 0 Å². The van der Waals surface area contributed by atoms with Gasteiger partial charge < -0.3 is 15.5 Å². The molecular weight excluding hydrogens is 285 g/mol. The van der Waals surface area contributed by atoms with Crippen molar-refractivity contribution in [1.82, 2.24) is 10.6 Å². The Morgan fingerprint density at radius 2 is 2.23 bits per heavy atom. The number of carbonyl (C=O) groups excluding carboxylic acids is 2. The minimum atomic E-state index is -0.533. The first-order valence-electron chi connectivity index (χ1n) is 7.57. The zero-order valence-electron chi connectivity index (χ0n) is 13.1. The molecule has 2 rings (SSSR count). The fourth-order valence-electron chi connectivity index (χ4n) is 2.39. The largest absolute Gasteiger partial charge is 0.336 e. The van der Waals surface area contributed by atoms with Gasteiger partial charge in [-0.05, 0) is 50.5 Å². The quantitative estimate of drug-likeness (QED) is 0.897. The van der Waals surface area contributed by atoms with Crippen LogP contribution in [0, 0.1) is 12.7 Å².